The molecule has 1 saturated heterocycles. The lowest BCUT2D eigenvalue weighted by Gasteiger charge is -2.26. The summed E-state index contributed by atoms with van der Waals surface area (Å²) in [7, 11) is 0. The fraction of sp³-hybridized carbons (Fsp3) is 0.417. The molecule has 0 spiro atoms. The van der Waals surface area contributed by atoms with Crippen LogP contribution in [0.3, 0.4) is 0 Å². The third-order valence-corrected chi connectivity index (χ3v) is 5.29. The molecule has 1 aliphatic heterocycles. The van der Waals surface area contributed by atoms with Gasteiger partial charge in [0.15, 0.2) is 0 Å². The molecule has 0 atom stereocenters. The number of nitrogens with zero attached hydrogens (tertiary/aromatic N) is 2. The highest BCUT2D eigenvalue weighted by molar-refractivity contribution is 5.70. The second kappa shape index (κ2) is 11.4. The van der Waals surface area contributed by atoms with Crippen molar-refractivity contribution in [3.05, 3.63) is 69.8 Å². The van der Waals surface area contributed by atoms with Crippen LogP contribution in [0.5, 0.6) is 5.75 Å². The molecule has 0 saturated carbocycles. The molecule has 5 nitrogen and oxygen atoms in total. The predicted octanol–water partition coefficient (Wildman–Crippen LogP) is 5.80. The second-order valence-electron chi connectivity index (χ2n) is 7.56. The highest BCUT2D eigenvalue weighted by Gasteiger charge is 2.08. The number of nitro groups is 1. The predicted molar refractivity (Wildman–Crippen MR) is 118 cm³/mol. The van der Waals surface area contributed by atoms with Crippen molar-refractivity contribution in [2.24, 2.45) is 0 Å². The van der Waals surface area contributed by atoms with Gasteiger partial charge >= 0.3 is 0 Å². The van der Waals surface area contributed by atoms with Gasteiger partial charge in [0.05, 0.1) is 11.5 Å². The van der Waals surface area contributed by atoms with Crippen LogP contribution < -0.4 is 4.74 Å². The summed E-state index contributed by atoms with van der Waals surface area (Å²) in [5.74, 6) is 0.897. The van der Waals surface area contributed by atoms with E-state index in [0.29, 0.717) is 0 Å². The average Bonchev–Trinajstić information content (AvgIpc) is 2.76. The molecule has 29 heavy (non-hydrogen) atoms. The molecule has 0 unspecified atom stereocenters. The Hall–Kier alpha value is -2.66. The molecule has 2 aromatic carbocycles. The van der Waals surface area contributed by atoms with Gasteiger partial charge in [-0.1, -0.05) is 30.7 Å². The zero-order valence-corrected chi connectivity index (χ0v) is 17.0. The van der Waals surface area contributed by atoms with Crippen molar-refractivity contribution in [3.8, 4) is 5.75 Å². The van der Waals surface area contributed by atoms with E-state index in [0.717, 1.165) is 29.9 Å². The Bertz CT molecular complexity index is 779. The van der Waals surface area contributed by atoms with Gasteiger partial charge in [-0.25, -0.2) is 0 Å². The molecule has 1 aliphatic rings. The van der Waals surface area contributed by atoms with Crippen LogP contribution in [0.25, 0.3) is 12.2 Å². The zero-order valence-electron chi connectivity index (χ0n) is 17.0. The molecule has 0 bridgehead atoms. The number of hydrogen-bond donors (Lipinski definition) is 0. The monoisotopic (exact) mass is 394 g/mol. The largest absolute Gasteiger partial charge is 0.494 e. The van der Waals surface area contributed by atoms with Gasteiger partial charge in [-0.05, 0) is 87.1 Å². The van der Waals surface area contributed by atoms with Crippen molar-refractivity contribution < 1.29 is 9.66 Å². The first-order chi connectivity index (χ1) is 14.2. The van der Waals surface area contributed by atoms with Crippen LogP contribution in [-0.4, -0.2) is 36.1 Å². The normalized spacial score (nSPS) is 14.9. The summed E-state index contributed by atoms with van der Waals surface area (Å²) in [4.78, 5) is 12.9. The van der Waals surface area contributed by atoms with Gasteiger partial charge in [0.2, 0.25) is 0 Å². The van der Waals surface area contributed by atoms with Crippen molar-refractivity contribution in [1.29, 1.82) is 0 Å². The fourth-order valence-electron chi connectivity index (χ4n) is 3.56. The van der Waals surface area contributed by atoms with E-state index in [1.807, 2.05) is 36.4 Å². The molecule has 2 aromatic rings. The SMILES string of the molecule is O=[N+]([O-])c1ccc(/C=C/c2ccc(OCCCCCN3CCCCC3)cc2)cc1. The van der Waals surface area contributed by atoms with Crippen LogP contribution in [0.2, 0.25) is 0 Å². The van der Waals surface area contributed by atoms with Gasteiger partial charge in [0.25, 0.3) is 5.69 Å². The number of piperidine rings is 1. The maximum atomic E-state index is 10.7. The van der Waals surface area contributed by atoms with Crippen molar-refractivity contribution >= 4 is 17.8 Å². The summed E-state index contributed by atoms with van der Waals surface area (Å²) in [5, 5.41) is 10.7. The Balaban J connectivity index is 1.34. The number of nitro benzene ring substituents is 1. The maximum absolute atomic E-state index is 10.7. The molecular weight excluding hydrogens is 364 g/mol. The molecule has 0 radical (unpaired) electrons. The Morgan fingerprint density at radius 1 is 0.862 bits per heavy atom. The van der Waals surface area contributed by atoms with E-state index < -0.39 is 0 Å². The molecule has 1 fully saturated rings. The number of benzene rings is 2. The van der Waals surface area contributed by atoms with E-state index >= 15 is 0 Å². The number of unbranched alkanes of at least 4 members (excludes halogenated alkanes) is 2. The standard InChI is InChI=1S/C24H30N2O3/c27-26(28)23-13-9-21(10-14-23)7-8-22-11-15-24(16-12-22)29-20-6-2-5-19-25-17-3-1-4-18-25/h7-16H,1-6,17-20H2/b8-7+. The Kier molecular flexibility index (Phi) is 8.25. The quantitative estimate of drug-likeness (QED) is 0.221. The zero-order chi connectivity index (χ0) is 20.3. The lowest BCUT2D eigenvalue weighted by Crippen LogP contribution is -2.30. The summed E-state index contributed by atoms with van der Waals surface area (Å²) >= 11 is 0. The Labute approximate surface area is 173 Å². The van der Waals surface area contributed by atoms with Gasteiger partial charge < -0.3 is 9.64 Å². The smallest absolute Gasteiger partial charge is 0.269 e. The molecule has 0 aromatic heterocycles. The molecule has 0 aliphatic carbocycles. The number of ether oxygens (including phenoxy) is 1. The van der Waals surface area contributed by atoms with Gasteiger partial charge in [-0.3, -0.25) is 10.1 Å². The van der Waals surface area contributed by atoms with E-state index in [-0.39, 0.29) is 10.6 Å². The van der Waals surface area contributed by atoms with Crippen molar-refractivity contribution in [1.82, 2.24) is 4.90 Å². The highest BCUT2D eigenvalue weighted by atomic mass is 16.6. The lowest BCUT2D eigenvalue weighted by atomic mass is 10.1. The molecule has 154 valence electrons. The van der Waals surface area contributed by atoms with E-state index in [9.17, 15) is 10.1 Å². The van der Waals surface area contributed by atoms with Crippen molar-refractivity contribution in [3.63, 3.8) is 0 Å². The summed E-state index contributed by atoms with van der Waals surface area (Å²) in [6.07, 6.45) is 11.6. The fourth-order valence-corrected chi connectivity index (χ4v) is 3.56. The van der Waals surface area contributed by atoms with Crippen LogP contribution in [-0.2, 0) is 0 Å². The summed E-state index contributed by atoms with van der Waals surface area (Å²) in [6.45, 7) is 4.55. The molecular formula is C24H30N2O3. The molecule has 3 rings (SSSR count). The molecule has 1 heterocycles. The highest BCUT2D eigenvalue weighted by Crippen LogP contribution is 2.17. The Morgan fingerprint density at radius 2 is 1.48 bits per heavy atom. The van der Waals surface area contributed by atoms with Crippen LogP contribution in [0.4, 0.5) is 5.69 Å². The topological polar surface area (TPSA) is 55.6 Å². The van der Waals surface area contributed by atoms with E-state index in [1.54, 1.807) is 12.1 Å². The number of hydrogen-bond acceptors (Lipinski definition) is 4. The molecule has 5 heteroatoms. The van der Waals surface area contributed by atoms with Gasteiger partial charge in [-0.2, -0.15) is 0 Å². The first kappa shape index (κ1) is 21.1. The van der Waals surface area contributed by atoms with Gasteiger partial charge in [-0.15, -0.1) is 0 Å². The van der Waals surface area contributed by atoms with Gasteiger partial charge in [0.1, 0.15) is 5.75 Å². The minimum Gasteiger partial charge on any atom is -0.494 e. The number of non-ortho nitro benzene ring substituents is 1. The van der Waals surface area contributed by atoms with E-state index in [1.165, 1.54) is 63.9 Å². The number of likely N-dealkylation sites (tertiary alicyclic amines) is 1. The minimum absolute atomic E-state index is 0.107. The van der Waals surface area contributed by atoms with Crippen LogP contribution >= 0.6 is 0 Å². The first-order valence-corrected chi connectivity index (χ1v) is 10.6. The van der Waals surface area contributed by atoms with Crippen molar-refractivity contribution in [2.45, 2.75) is 38.5 Å². The number of rotatable bonds is 10. The van der Waals surface area contributed by atoms with Crippen LogP contribution in [0.1, 0.15) is 49.7 Å². The second-order valence-corrected chi connectivity index (χ2v) is 7.56. The summed E-state index contributed by atoms with van der Waals surface area (Å²) in [6, 6.07) is 14.6. The third kappa shape index (κ3) is 7.35. The summed E-state index contributed by atoms with van der Waals surface area (Å²) < 4.78 is 5.85. The average molecular weight is 395 g/mol. The van der Waals surface area contributed by atoms with E-state index in [2.05, 4.69) is 4.90 Å². The maximum Gasteiger partial charge on any atom is 0.269 e. The third-order valence-electron chi connectivity index (χ3n) is 5.29. The molecule has 0 N–H and O–H groups in total. The molecule has 0 amide bonds. The van der Waals surface area contributed by atoms with Crippen LogP contribution in [0.15, 0.2) is 48.5 Å². The van der Waals surface area contributed by atoms with Crippen molar-refractivity contribution in [2.75, 3.05) is 26.2 Å². The van der Waals surface area contributed by atoms with Gasteiger partial charge in [0, 0.05) is 12.1 Å². The lowest BCUT2D eigenvalue weighted by molar-refractivity contribution is -0.384. The Morgan fingerprint density at radius 3 is 2.10 bits per heavy atom. The van der Waals surface area contributed by atoms with Crippen LogP contribution in [0, 0.1) is 10.1 Å². The van der Waals surface area contributed by atoms with E-state index in [4.69, 9.17) is 4.74 Å². The first-order valence-electron chi connectivity index (χ1n) is 10.6. The summed E-state index contributed by atoms with van der Waals surface area (Å²) in [5.41, 5.74) is 2.10. The minimum atomic E-state index is -0.388.